The molecule has 1 N–H and O–H groups in total. The Morgan fingerprint density at radius 2 is 1.62 bits per heavy atom. The third-order valence-electron chi connectivity index (χ3n) is 4.70. The van der Waals surface area contributed by atoms with Gasteiger partial charge in [-0.15, -0.1) is 0 Å². The first-order valence-electron chi connectivity index (χ1n) is 8.20. The Bertz CT molecular complexity index is 765. The van der Waals surface area contributed by atoms with E-state index in [1.807, 2.05) is 36.4 Å². The molecule has 0 atom stereocenters. The van der Waals surface area contributed by atoms with Crippen molar-refractivity contribution in [2.24, 2.45) is 0 Å². The zero-order chi connectivity index (χ0) is 17.9. The van der Waals surface area contributed by atoms with E-state index in [1.165, 1.54) is 0 Å². The van der Waals surface area contributed by atoms with Gasteiger partial charge >= 0.3 is 29.6 Å². The Kier molecular flexibility index (Phi) is 7.83. The summed E-state index contributed by atoms with van der Waals surface area (Å²) < 4.78 is 0. The number of nitrogens with one attached hydrogen (secondary N) is 1. The molecule has 0 bridgehead atoms. The number of aliphatic carboxylic acids is 1. The number of likely N-dealkylation sites (tertiary alicyclic amines) is 1. The maximum Gasteiger partial charge on any atom is 1.00 e. The second kappa shape index (κ2) is 9.45. The molecule has 1 fully saturated rings. The molecule has 4 nitrogen and oxygen atoms in total. The van der Waals surface area contributed by atoms with Crippen molar-refractivity contribution in [3.63, 3.8) is 0 Å². The molecule has 0 aromatic heterocycles. The molecule has 26 heavy (non-hydrogen) atoms. The number of carbonyl (C=O) groups excluding carboxylic acids is 1. The second-order valence-electron chi connectivity index (χ2n) is 6.34. The van der Waals surface area contributed by atoms with E-state index in [0.717, 1.165) is 10.6 Å². The molecule has 1 aliphatic heterocycles. The number of rotatable bonds is 5. The predicted octanol–water partition coefficient (Wildman–Crippen LogP) is 0.194. The smallest absolute Gasteiger partial charge is 0.548 e. The maximum absolute atomic E-state index is 11.9. The molecule has 2 aromatic rings. The van der Waals surface area contributed by atoms with Gasteiger partial charge in [0.25, 0.3) is 0 Å². The molecule has 132 valence electrons. The van der Waals surface area contributed by atoms with Gasteiger partial charge in [-0.3, -0.25) is 4.90 Å². The average molecular weight is 401 g/mol. The van der Waals surface area contributed by atoms with Gasteiger partial charge in [0.05, 0.1) is 22.2 Å². The van der Waals surface area contributed by atoms with Gasteiger partial charge in [0, 0.05) is 24.7 Å². The van der Waals surface area contributed by atoms with Gasteiger partial charge < -0.3 is 15.2 Å². The van der Waals surface area contributed by atoms with E-state index < -0.39 is 11.5 Å². The molecule has 2 aromatic carbocycles. The molecular formula is C19H19Cl2N2NaO2. The van der Waals surface area contributed by atoms with Crippen molar-refractivity contribution in [2.45, 2.75) is 24.9 Å². The molecule has 0 spiro atoms. The van der Waals surface area contributed by atoms with Crippen LogP contribution in [0.15, 0.2) is 48.5 Å². The van der Waals surface area contributed by atoms with Gasteiger partial charge in [0.15, 0.2) is 0 Å². The van der Waals surface area contributed by atoms with Gasteiger partial charge in [-0.25, -0.2) is 0 Å². The van der Waals surface area contributed by atoms with Gasteiger partial charge in [-0.05, 0) is 36.6 Å². The molecule has 0 saturated carbocycles. The van der Waals surface area contributed by atoms with Crippen LogP contribution >= 0.6 is 23.2 Å². The number of anilines is 1. The fourth-order valence-corrected chi connectivity index (χ4v) is 3.54. The summed E-state index contributed by atoms with van der Waals surface area (Å²) in [4.78, 5) is 14.1. The molecule has 0 radical (unpaired) electrons. The van der Waals surface area contributed by atoms with Crippen LogP contribution in [0.3, 0.4) is 0 Å². The molecule has 0 aliphatic carbocycles. The number of carbonyl (C=O) groups is 1. The molecule has 7 heteroatoms. The number of halogens is 2. The van der Waals surface area contributed by atoms with Crippen molar-refractivity contribution in [2.75, 3.05) is 18.4 Å². The average Bonchev–Trinajstić information content (AvgIpc) is 2.60. The monoisotopic (exact) mass is 400 g/mol. The van der Waals surface area contributed by atoms with Gasteiger partial charge in [0.1, 0.15) is 0 Å². The summed E-state index contributed by atoms with van der Waals surface area (Å²) in [5.74, 6) is -1.09. The van der Waals surface area contributed by atoms with E-state index in [2.05, 4.69) is 10.2 Å². The summed E-state index contributed by atoms with van der Waals surface area (Å²) in [6.07, 6.45) is 0.871. The zero-order valence-electron chi connectivity index (χ0n) is 14.7. The minimum absolute atomic E-state index is 0. The fourth-order valence-electron chi connectivity index (χ4n) is 3.16. The number of hydrogen-bond acceptors (Lipinski definition) is 4. The van der Waals surface area contributed by atoms with Crippen LogP contribution in [-0.4, -0.2) is 29.5 Å². The van der Waals surface area contributed by atoms with Crippen molar-refractivity contribution in [3.8, 4) is 0 Å². The topological polar surface area (TPSA) is 55.4 Å². The Morgan fingerprint density at radius 1 is 1.04 bits per heavy atom. The van der Waals surface area contributed by atoms with Crippen LogP contribution in [0.1, 0.15) is 18.4 Å². The van der Waals surface area contributed by atoms with Crippen LogP contribution in [0.4, 0.5) is 5.69 Å². The van der Waals surface area contributed by atoms with E-state index in [9.17, 15) is 9.90 Å². The Hall–Kier alpha value is -0.750. The van der Waals surface area contributed by atoms with Gasteiger partial charge in [-0.1, -0.05) is 53.5 Å². The molecular weight excluding hydrogens is 382 g/mol. The quantitative estimate of drug-likeness (QED) is 0.728. The van der Waals surface area contributed by atoms with Crippen molar-refractivity contribution in [1.82, 2.24) is 4.90 Å². The number of piperidine rings is 1. The number of benzene rings is 2. The Labute approximate surface area is 185 Å². The number of nitrogens with zero attached hydrogens (tertiary/aromatic N) is 1. The number of carboxylic acids is 1. The normalized spacial score (nSPS) is 16.5. The largest absolute Gasteiger partial charge is 1.00 e. The molecule has 3 rings (SSSR count). The number of hydrogen-bond donors (Lipinski definition) is 1. The second-order valence-corrected chi connectivity index (χ2v) is 7.16. The Balaban J connectivity index is 0.00000243. The minimum atomic E-state index is -1.11. The molecule has 1 saturated heterocycles. The number of carboxylic acid groups (broad SMARTS) is 1. The van der Waals surface area contributed by atoms with Gasteiger partial charge in [-0.2, -0.15) is 0 Å². The summed E-state index contributed by atoms with van der Waals surface area (Å²) >= 11 is 12.4. The summed E-state index contributed by atoms with van der Waals surface area (Å²) in [5, 5.41) is 16.2. The van der Waals surface area contributed by atoms with E-state index >= 15 is 0 Å². The standard InChI is InChI=1S/C19H20Cl2N2O2.Na/c20-15-6-2-1-5-14(15)13-23-11-9-19(10-12-23,18(24)25)22-17-8-4-3-7-16(17)21;/h1-8,22H,9-13H2,(H,24,25);/q;+1/p-1. The molecule has 0 amide bonds. The summed E-state index contributed by atoms with van der Waals surface area (Å²) in [6, 6.07) is 14.9. The molecule has 0 unspecified atom stereocenters. The summed E-state index contributed by atoms with van der Waals surface area (Å²) in [6.45, 7) is 1.97. The summed E-state index contributed by atoms with van der Waals surface area (Å²) in [5.41, 5.74) is 0.555. The zero-order valence-corrected chi connectivity index (χ0v) is 18.2. The van der Waals surface area contributed by atoms with Crippen LogP contribution < -0.4 is 40.0 Å². The van der Waals surface area contributed by atoms with Crippen LogP contribution in [-0.2, 0) is 11.3 Å². The summed E-state index contributed by atoms with van der Waals surface area (Å²) in [7, 11) is 0. The third kappa shape index (κ3) is 4.94. The van der Waals surface area contributed by atoms with E-state index in [-0.39, 0.29) is 29.6 Å². The first kappa shape index (κ1) is 21.5. The van der Waals surface area contributed by atoms with Crippen LogP contribution in [0.25, 0.3) is 0 Å². The van der Waals surface area contributed by atoms with Gasteiger partial charge in [0.2, 0.25) is 0 Å². The molecule has 1 heterocycles. The van der Waals surface area contributed by atoms with Crippen molar-refractivity contribution in [1.29, 1.82) is 0 Å². The van der Waals surface area contributed by atoms with Crippen molar-refractivity contribution >= 4 is 34.9 Å². The van der Waals surface area contributed by atoms with E-state index in [4.69, 9.17) is 23.2 Å². The first-order chi connectivity index (χ1) is 12.0. The molecule has 1 aliphatic rings. The van der Waals surface area contributed by atoms with Crippen molar-refractivity contribution in [3.05, 3.63) is 64.1 Å². The number of para-hydroxylation sites is 1. The SMILES string of the molecule is O=C([O-])C1(Nc2ccccc2Cl)CCN(Cc2ccccc2Cl)CC1.[Na+]. The predicted molar refractivity (Wildman–Crippen MR) is 98.8 cm³/mol. The Morgan fingerprint density at radius 3 is 2.19 bits per heavy atom. The van der Waals surface area contributed by atoms with Crippen LogP contribution in [0.2, 0.25) is 10.0 Å². The maximum atomic E-state index is 11.9. The van der Waals surface area contributed by atoms with Crippen LogP contribution in [0.5, 0.6) is 0 Å². The third-order valence-corrected chi connectivity index (χ3v) is 5.40. The fraction of sp³-hybridized carbons (Fsp3) is 0.316. The minimum Gasteiger partial charge on any atom is -0.548 e. The van der Waals surface area contributed by atoms with Crippen molar-refractivity contribution < 1.29 is 39.5 Å². The first-order valence-corrected chi connectivity index (χ1v) is 8.96. The van der Waals surface area contributed by atoms with Crippen LogP contribution in [0, 0.1) is 0 Å². The van der Waals surface area contributed by atoms with E-state index in [1.54, 1.807) is 12.1 Å². The van der Waals surface area contributed by atoms with E-state index in [0.29, 0.717) is 43.2 Å².